The third-order valence-electron chi connectivity index (χ3n) is 2.74. The molecule has 0 aliphatic carbocycles. The molecule has 3 nitrogen and oxygen atoms in total. The lowest BCUT2D eigenvalue weighted by atomic mass is 9.99. The van der Waals surface area contributed by atoms with Gasteiger partial charge in [0.1, 0.15) is 6.10 Å². The topological polar surface area (TPSA) is 46.5 Å². The molecule has 0 heterocycles. The molecule has 0 spiro atoms. The van der Waals surface area contributed by atoms with E-state index in [4.69, 9.17) is 4.74 Å². The highest BCUT2D eigenvalue weighted by atomic mass is 16.5. The molecule has 0 bridgehead atoms. The van der Waals surface area contributed by atoms with Gasteiger partial charge in [0.25, 0.3) is 0 Å². The third kappa shape index (κ3) is 6.83. The summed E-state index contributed by atoms with van der Waals surface area (Å²) in [6.07, 6.45) is 3.09. The molecule has 0 aromatic rings. The van der Waals surface area contributed by atoms with E-state index >= 15 is 0 Å². The van der Waals surface area contributed by atoms with Crippen molar-refractivity contribution in [2.75, 3.05) is 0 Å². The number of carbonyl (C=O) groups excluding carboxylic acids is 1. The molecule has 0 aromatic carbocycles. The molecule has 2 atom stereocenters. The Morgan fingerprint density at radius 2 is 1.94 bits per heavy atom. The van der Waals surface area contributed by atoms with Crippen molar-refractivity contribution in [2.45, 2.75) is 72.0 Å². The highest BCUT2D eigenvalue weighted by Gasteiger charge is 2.20. The number of hydrogen-bond acceptors (Lipinski definition) is 3. The number of esters is 1. The Kier molecular flexibility index (Phi) is 8.26. The van der Waals surface area contributed by atoms with Crippen molar-refractivity contribution in [3.8, 4) is 0 Å². The summed E-state index contributed by atoms with van der Waals surface area (Å²) in [6, 6.07) is 0. The second-order valence-corrected chi connectivity index (χ2v) is 4.67. The quantitative estimate of drug-likeness (QED) is 0.652. The zero-order valence-corrected chi connectivity index (χ0v) is 11.0. The maximum Gasteiger partial charge on any atom is 0.306 e. The van der Waals surface area contributed by atoms with E-state index in [1.54, 1.807) is 0 Å². The number of aliphatic hydroxyl groups is 1. The van der Waals surface area contributed by atoms with E-state index in [1.807, 2.05) is 27.7 Å². The minimum absolute atomic E-state index is 0.135. The largest absolute Gasteiger partial charge is 0.462 e. The Hall–Kier alpha value is -0.570. The van der Waals surface area contributed by atoms with E-state index in [9.17, 15) is 9.90 Å². The van der Waals surface area contributed by atoms with Crippen LogP contribution in [-0.2, 0) is 9.53 Å². The van der Waals surface area contributed by atoms with Crippen LogP contribution in [0.4, 0.5) is 0 Å². The summed E-state index contributed by atoms with van der Waals surface area (Å²) in [6.45, 7) is 8.01. The van der Waals surface area contributed by atoms with Crippen molar-refractivity contribution in [1.29, 1.82) is 0 Å². The molecular weight excluding hydrogens is 204 g/mol. The van der Waals surface area contributed by atoms with Gasteiger partial charge in [-0.3, -0.25) is 4.79 Å². The van der Waals surface area contributed by atoms with Gasteiger partial charge in [0.05, 0.1) is 6.10 Å². The molecule has 0 aliphatic heterocycles. The van der Waals surface area contributed by atoms with Crippen LogP contribution in [0.2, 0.25) is 0 Å². The maximum atomic E-state index is 11.5. The molecule has 3 heteroatoms. The summed E-state index contributed by atoms with van der Waals surface area (Å²) in [4.78, 5) is 11.5. The molecule has 2 unspecified atom stereocenters. The Morgan fingerprint density at radius 3 is 2.38 bits per heavy atom. The van der Waals surface area contributed by atoms with E-state index in [1.165, 1.54) is 0 Å². The Bertz CT molecular complexity index is 190. The van der Waals surface area contributed by atoms with Gasteiger partial charge in [0, 0.05) is 12.8 Å². The summed E-state index contributed by atoms with van der Waals surface area (Å²) in [5, 5.41) is 9.57. The lowest BCUT2D eigenvalue weighted by Gasteiger charge is -2.23. The molecular formula is C13H26O3. The van der Waals surface area contributed by atoms with Gasteiger partial charge in [-0.2, -0.15) is 0 Å². The third-order valence-corrected chi connectivity index (χ3v) is 2.74. The van der Waals surface area contributed by atoms with Gasteiger partial charge in [-0.1, -0.05) is 34.1 Å². The average Bonchev–Trinajstić information content (AvgIpc) is 2.24. The molecule has 0 aliphatic rings. The number of carbonyl (C=O) groups is 1. The molecule has 16 heavy (non-hydrogen) atoms. The fraction of sp³-hybridized carbons (Fsp3) is 0.923. The Labute approximate surface area is 99.2 Å². The van der Waals surface area contributed by atoms with Gasteiger partial charge >= 0.3 is 5.97 Å². The van der Waals surface area contributed by atoms with E-state index < -0.39 is 0 Å². The second-order valence-electron chi connectivity index (χ2n) is 4.67. The minimum Gasteiger partial charge on any atom is -0.462 e. The highest BCUT2D eigenvalue weighted by molar-refractivity contribution is 5.69. The molecule has 0 saturated heterocycles. The predicted molar refractivity (Wildman–Crippen MR) is 65.2 cm³/mol. The maximum absolute atomic E-state index is 11.5. The molecule has 0 saturated carbocycles. The molecule has 0 amide bonds. The van der Waals surface area contributed by atoms with Crippen molar-refractivity contribution >= 4 is 5.97 Å². The van der Waals surface area contributed by atoms with Crippen LogP contribution in [0.25, 0.3) is 0 Å². The first-order chi connectivity index (χ1) is 7.51. The first-order valence-corrected chi connectivity index (χ1v) is 6.38. The van der Waals surface area contributed by atoms with Crippen LogP contribution in [0.5, 0.6) is 0 Å². The summed E-state index contributed by atoms with van der Waals surface area (Å²) < 4.78 is 5.39. The summed E-state index contributed by atoms with van der Waals surface area (Å²) in [7, 11) is 0. The summed E-state index contributed by atoms with van der Waals surface area (Å²) >= 11 is 0. The second kappa shape index (κ2) is 8.57. The standard InChI is InChI=1S/C13H26O3/c1-5-7-8-13(15)16-12(10(3)4)9-11(14)6-2/h10-12,14H,5-9H2,1-4H3. The van der Waals surface area contributed by atoms with Gasteiger partial charge in [-0.25, -0.2) is 0 Å². The number of unbranched alkanes of at least 4 members (excludes halogenated alkanes) is 1. The normalized spacial score (nSPS) is 14.9. The van der Waals surface area contributed by atoms with E-state index in [0.717, 1.165) is 12.8 Å². The molecule has 0 rings (SSSR count). The van der Waals surface area contributed by atoms with Gasteiger partial charge in [0.2, 0.25) is 0 Å². The summed E-state index contributed by atoms with van der Waals surface area (Å²) in [5.74, 6) is 0.121. The van der Waals surface area contributed by atoms with Crippen LogP contribution in [0.3, 0.4) is 0 Å². The Morgan fingerprint density at radius 1 is 1.31 bits per heavy atom. The molecule has 0 radical (unpaired) electrons. The zero-order chi connectivity index (χ0) is 12.6. The average molecular weight is 230 g/mol. The van der Waals surface area contributed by atoms with Gasteiger partial charge in [-0.15, -0.1) is 0 Å². The fourth-order valence-electron chi connectivity index (χ4n) is 1.44. The van der Waals surface area contributed by atoms with Crippen molar-refractivity contribution in [3.05, 3.63) is 0 Å². The van der Waals surface area contributed by atoms with Gasteiger partial charge in [0.15, 0.2) is 0 Å². The SMILES string of the molecule is CCCCC(=O)OC(CC(O)CC)C(C)C. The van der Waals surface area contributed by atoms with Gasteiger partial charge < -0.3 is 9.84 Å². The number of rotatable bonds is 8. The molecule has 0 aromatic heterocycles. The monoisotopic (exact) mass is 230 g/mol. The molecule has 0 fully saturated rings. The van der Waals surface area contributed by atoms with Gasteiger partial charge in [-0.05, 0) is 18.8 Å². The smallest absolute Gasteiger partial charge is 0.306 e. The molecule has 1 N–H and O–H groups in total. The first-order valence-electron chi connectivity index (χ1n) is 6.38. The minimum atomic E-state index is -0.369. The van der Waals surface area contributed by atoms with E-state index in [0.29, 0.717) is 19.3 Å². The fourth-order valence-corrected chi connectivity index (χ4v) is 1.44. The van der Waals surface area contributed by atoms with Crippen LogP contribution in [-0.4, -0.2) is 23.3 Å². The van der Waals surface area contributed by atoms with Crippen molar-refractivity contribution in [3.63, 3.8) is 0 Å². The van der Waals surface area contributed by atoms with Crippen LogP contribution < -0.4 is 0 Å². The lowest BCUT2D eigenvalue weighted by Crippen LogP contribution is -2.28. The van der Waals surface area contributed by atoms with E-state index in [2.05, 4.69) is 0 Å². The lowest BCUT2D eigenvalue weighted by molar-refractivity contribution is -0.153. The Balaban J connectivity index is 4.07. The van der Waals surface area contributed by atoms with Crippen LogP contribution in [0.15, 0.2) is 0 Å². The molecule has 96 valence electrons. The van der Waals surface area contributed by atoms with Crippen LogP contribution in [0.1, 0.15) is 59.8 Å². The number of hydrogen-bond donors (Lipinski definition) is 1. The predicted octanol–water partition coefficient (Wildman–Crippen LogP) is 2.91. The highest BCUT2D eigenvalue weighted by Crippen LogP contribution is 2.16. The summed E-state index contributed by atoms with van der Waals surface area (Å²) in [5.41, 5.74) is 0. The van der Waals surface area contributed by atoms with Crippen LogP contribution in [0, 0.1) is 5.92 Å². The number of aliphatic hydroxyl groups excluding tert-OH is 1. The van der Waals surface area contributed by atoms with Crippen molar-refractivity contribution < 1.29 is 14.6 Å². The first kappa shape index (κ1) is 15.4. The van der Waals surface area contributed by atoms with Crippen molar-refractivity contribution in [1.82, 2.24) is 0 Å². The van der Waals surface area contributed by atoms with Crippen molar-refractivity contribution in [2.24, 2.45) is 5.92 Å². The van der Waals surface area contributed by atoms with Crippen LogP contribution >= 0.6 is 0 Å². The zero-order valence-electron chi connectivity index (χ0n) is 11.0. The number of ether oxygens (including phenoxy) is 1. The van der Waals surface area contributed by atoms with E-state index in [-0.39, 0.29) is 24.1 Å².